The summed E-state index contributed by atoms with van der Waals surface area (Å²) in [4.78, 5) is 0. The van der Waals surface area contributed by atoms with E-state index in [1.165, 1.54) is 11.3 Å². The van der Waals surface area contributed by atoms with Gasteiger partial charge in [0.05, 0.1) is 9.48 Å². The molecule has 0 aliphatic heterocycles. The topological polar surface area (TPSA) is 64.0 Å². The molecule has 2 rings (SSSR count). The Morgan fingerprint density at radius 3 is 2.78 bits per heavy atom. The van der Waals surface area contributed by atoms with Gasteiger partial charge in [-0.2, -0.15) is 5.10 Å². The van der Waals surface area contributed by atoms with Crippen LogP contribution in [0.1, 0.15) is 5.69 Å². The third-order valence-corrected chi connectivity index (χ3v) is 5.83. The van der Waals surface area contributed by atoms with Crippen molar-refractivity contribution in [2.24, 2.45) is 7.05 Å². The molecule has 0 fully saturated rings. The van der Waals surface area contributed by atoms with Crippen molar-refractivity contribution in [3.05, 3.63) is 33.9 Å². The second-order valence-electron chi connectivity index (χ2n) is 3.69. The summed E-state index contributed by atoms with van der Waals surface area (Å²) in [6.45, 7) is 0.342. The van der Waals surface area contributed by atoms with E-state index < -0.39 is 10.0 Å². The highest BCUT2D eigenvalue weighted by atomic mass is 79.9. The van der Waals surface area contributed by atoms with E-state index in [1.807, 2.05) is 19.3 Å². The SMILES string of the molecule is Cn1ccc(CCNS(=O)(=O)c2ccc(Br)s2)n1. The van der Waals surface area contributed by atoms with Crippen LogP contribution in [0.2, 0.25) is 0 Å². The van der Waals surface area contributed by atoms with Gasteiger partial charge in [0.1, 0.15) is 4.21 Å². The molecule has 18 heavy (non-hydrogen) atoms. The Morgan fingerprint density at radius 1 is 1.44 bits per heavy atom. The minimum absolute atomic E-state index is 0.315. The average Bonchev–Trinajstić information content (AvgIpc) is 2.88. The first-order valence-corrected chi connectivity index (χ1v) is 8.30. The van der Waals surface area contributed by atoms with E-state index in [2.05, 4.69) is 25.8 Å². The van der Waals surface area contributed by atoms with Crippen molar-refractivity contribution in [1.29, 1.82) is 0 Å². The number of aromatic nitrogens is 2. The highest BCUT2D eigenvalue weighted by molar-refractivity contribution is 9.11. The average molecular weight is 350 g/mol. The summed E-state index contributed by atoms with van der Waals surface area (Å²) in [5.74, 6) is 0. The normalized spacial score (nSPS) is 11.9. The first kappa shape index (κ1) is 13.7. The van der Waals surface area contributed by atoms with Crippen molar-refractivity contribution in [3.63, 3.8) is 0 Å². The lowest BCUT2D eigenvalue weighted by molar-refractivity contribution is 0.583. The fourth-order valence-corrected chi connectivity index (χ4v) is 4.51. The maximum Gasteiger partial charge on any atom is 0.250 e. The fourth-order valence-electron chi connectivity index (χ4n) is 1.42. The van der Waals surface area contributed by atoms with Crippen LogP contribution in [-0.2, 0) is 23.5 Å². The number of halogens is 1. The molecule has 0 atom stereocenters. The third-order valence-electron chi connectivity index (χ3n) is 2.26. The fraction of sp³-hybridized carbons (Fsp3) is 0.300. The van der Waals surface area contributed by atoms with Gasteiger partial charge in [0.2, 0.25) is 10.0 Å². The van der Waals surface area contributed by atoms with E-state index >= 15 is 0 Å². The molecule has 8 heteroatoms. The van der Waals surface area contributed by atoms with Crippen LogP contribution in [0, 0.1) is 0 Å². The highest BCUT2D eigenvalue weighted by Gasteiger charge is 2.15. The number of rotatable bonds is 5. The van der Waals surface area contributed by atoms with Crippen molar-refractivity contribution >= 4 is 37.3 Å². The van der Waals surface area contributed by atoms with Crippen LogP contribution in [0.5, 0.6) is 0 Å². The van der Waals surface area contributed by atoms with Gasteiger partial charge >= 0.3 is 0 Å². The predicted octanol–water partition coefficient (Wildman–Crippen LogP) is 1.77. The van der Waals surface area contributed by atoms with Crippen LogP contribution >= 0.6 is 27.3 Å². The first-order valence-electron chi connectivity index (χ1n) is 5.21. The van der Waals surface area contributed by atoms with E-state index in [0.29, 0.717) is 17.2 Å². The molecule has 98 valence electrons. The molecule has 0 aliphatic carbocycles. The van der Waals surface area contributed by atoms with Crippen LogP contribution in [0.15, 0.2) is 32.4 Å². The van der Waals surface area contributed by atoms with Crippen molar-refractivity contribution in [3.8, 4) is 0 Å². The molecule has 5 nitrogen and oxygen atoms in total. The van der Waals surface area contributed by atoms with Gasteiger partial charge in [-0.15, -0.1) is 11.3 Å². The van der Waals surface area contributed by atoms with Gasteiger partial charge in [-0.1, -0.05) is 0 Å². The Hall–Kier alpha value is -0.700. The highest BCUT2D eigenvalue weighted by Crippen LogP contribution is 2.25. The molecule has 2 heterocycles. The van der Waals surface area contributed by atoms with Crippen LogP contribution in [0.25, 0.3) is 0 Å². The molecule has 2 aromatic rings. The zero-order chi connectivity index (χ0) is 13.2. The number of sulfonamides is 1. The molecule has 1 N–H and O–H groups in total. The van der Waals surface area contributed by atoms with Gasteiger partial charge in [0.15, 0.2) is 0 Å². The smallest absolute Gasteiger partial charge is 0.250 e. The quantitative estimate of drug-likeness (QED) is 0.894. The van der Waals surface area contributed by atoms with Crippen LogP contribution in [0.3, 0.4) is 0 Å². The molecule has 0 saturated heterocycles. The van der Waals surface area contributed by atoms with Gasteiger partial charge in [-0.25, -0.2) is 13.1 Å². The Bertz CT molecular complexity index is 633. The van der Waals surface area contributed by atoms with Gasteiger partial charge in [-0.05, 0) is 34.1 Å². The van der Waals surface area contributed by atoms with Gasteiger partial charge < -0.3 is 0 Å². The second-order valence-corrected chi connectivity index (χ2v) is 8.14. The summed E-state index contributed by atoms with van der Waals surface area (Å²) in [5.41, 5.74) is 0.868. The molecular weight excluding hydrogens is 338 g/mol. The molecule has 0 radical (unpaired) electrons. The molecule has 0 amide bonds. The summed E-state index contributed by atoms with van der Waals surface area (Å²) in [6, 6.07) is 5.17. The lowest BCUT2D eigenvalue weighted by Crippen LogP contribution is -2.25. The summed E-state index contributed by atoms with van der Waals surface area (Å²) in [7, 11) is -1.57. The lowest BCUT2D eigenvalue weighted by atomic mass is 10.3. The number of hydrogen-bond acceptors (Lipinski definition) is 4. The molecule has 0 aromatic carbocycles. The Morgan fingerprint density at radius 2 is 2.22 bits per heavy atom. The molecule has 0 spiro atoms. The standard InChI is InChI=1S/C10H12BrN3O2S2/c1-14-7-5-8(13-14)4-6-12-18(15,16)10-3-2-9(11)17-10/h2-3,5,7,12H,4,6H2,1H3. The zero-order valence-corrected chi connectivity index (χ0v) is 12.8. The number of hydrogen-bond donors (Lipinski definition) is 1. The van der Waals surface area contributed by atoms with Gasteiger partial charge in [0, 0.05) is 26.2 Å². The van der Waals surface area contributed by atoms with E-state index in [4.69, 9.17) is 0 Å². The summed E-state index contributed by atoms with van der Waals surface area (Å²) in [5, 5.41) is 4.18. The minimum Gasteiger partial charge on any atom is -0.276 e. The number of nitrogens with one attached hydrogen (secondary N) is 1. The van der Waals surface area contributed by atoms with Crippen molar-refractivity contribution in [2.75, 3.05) is 6.54 Å². The van der Waals surface area contributed by atoms with Crippen molar-refractivity contribution in [2.45, 2.75) is 10.6 Å². The maximum absolute atomic E-state index is 11.9. The molecule has 0 saturated carbocycles. The van der Waals surface area contributed by atoms with E-state index in [-0.39, 0.29) is 0 Å². The minimum atomic E-state index is -3.40. The predicted molar refractivity (Wildman–Crippen MR) is 74.1 cm³/mol. The zero-order valence-electron chi connectivity index (χ0n) is 9.63. The van der Waals surface area contributed by atoms with E-state index in [1.54, 1.807) is 16.8 Å². The largest absolute Gasteiger partial charge is 0.276 e. The summed E-state index contributed by atoms with van der Waals surface area (Å²) in [6.07, 6.45) is 2.41. The Labute approximate surface area is 118 Å². The van der Waals surface area contributed by atoms with Gasteiger partial charge in [0.25, 0.3) is 0 Å². The Kier molecular flexibility index (Phi) is 4.21. The molecule has 0 unspecified atom stereocenters. The second kappa shape index (κ2) is 5.52. The number of aryl methyl sites for hydroxylation is 1. The van der Waals surface area contributed by atoms with E-state index in [0.717, 1.165) is 9.48 Å². The summed E-state index contributed by atoms with van der Waals surface area (Å²) < 4.78 is 29.2. The van der Waals surface area contributed by atoms with Gasteiger partial charge in [-0.3, -0.25) is 4.68 Å². The lowest BCUT2D eigenvalue weighted by Gasteiger charge is -2.02. The van der Waals surface area contributed by atoms with Crippen LogP contribution in [0.4, 0.5) is 0 Å². The maximum atomic E-state index is 11.9. The summed E-state index contributed by atoms with van der Waals surface area (Å²) >= 11 is 4.44. The van der Waals surface area contributed by atoms with Crippen LogP contribution < -0.4 is 4.72 Å². The number of thiophene rings is 1. The monoisotopic (exact) mass is 349 g/mol. The van der Waals surface area contributed by atoms with Crippen molar-refractivity contribution in [1.82, 2.24) is 14.5 Å². The molecule has 0 bridgehead atoms. The van der Waals surface area contributed by atoms with Crippen molar-refractivity contribution < 1.29 is 8.42 Å². The Balaban J connectivity index is 1.93. The number of nitrogens with zero attached hydrogens (tertiary/aromatic N) is 2. The molecule has 2 aromatic heterocycles. The molecule has 0 aliphatic rings. The third kappa shape index (κ3) is 3.41. The van der Waals surface area contributed by atoms with E-state index in [9.17, 15) is 8.42 Å². The first-order chi connectivity index (χ1) is 8.47. The molecular formula is C10H12BrN3O2S2. The van der Waals surface area contributed by atoms with Crippen LogP contribution in [-0.4, -0.2) is 24.7 Å².